The van der Waals surface area contributed by atoms with Gasteiger partial charge in [0.25, 0.3) is 0 Å². The van der Waals surface area contributed by atoms with Crippen molar-refractivity contribution in [3.63, 3.8) is 0 Å². The minimum atomic E-state index is -0.314. The van der Waals surface area contributed by atoms with Gasteiger partial charge in [0.1, 0.15) is 12.4 Å². The molecule has 1 aliphatic heterocycles. The van der Waals surface area contributed by atoms with Gasteiger partial charge in [-0.2, -0.15) is 0 Å². The van der Waals surface area contributed by atoms with E-state index in [1.807, 2.05) is 12.2 Å². The lowest BCUT2D eigenvalue weighted by molar-refractivity contribution is -0.147. The van der Waals surface area contributed by atoms with Gasteiger partial charge in [-0.05, 0) is 48.8 Å². The molecule has 0 unspecified atom stereocenters. The van der Waals surface area contributed by atoms with E-state index in [1.54, 1.807) is 17.0 Å². The molecule has 3 amide bonds. The van der Waals surface area contributed by atoms with E-state index in [0.29, 0.717) is 6.54 Å². The molecule has 0 radical (unpaired) electrons. The number of carbonyl (C=O) groups excluding carboxylic acids is 3. The number of halogens is 1. The van der Waals surface area contributed by atoms with Crippen LogP contribution in [-0.4, -0.2) is 40.1 Å². The van der Waals surface area contributed by atoms with Gasteiger partial charge in [-0.25, -0.2) is 4.39 Å². The number of fused-ring (bicyclic) bond motifs is 5. The molecule has 6 heteroatoms. The largest absolute Gasteiger partial charge is 0.334 e. The van der Waals surface area contributed by atoms with Crippen molar-refractivity contribution in [2.45, 2.75) is 31.8 Å². The SMILES string of the molecule is O=C1[C@@H]2[C@H](C(=O)N1CC(=O)N(Cc1ccc(F)cc1)C1CC1)[C@H]1C=C[C@H]2C1. The van der Waals surface area contributed by atoms with E-state index in [2.05, 4.69) is 0 Å². The lowest BCUT2D eigenvalue weighted by atomic mass is 9.85. The number of imide groups is 1. The third-order valence-corrected chi connectivity index (χ3v) is 6.43. The average Bonchev–Trinajstić information content (AvgIpc) is 3.21. The van der Waals surface area contributed by atoms with Gasteiger partial charge in [-0.3, -0.25) is 19.3 Å². The minimum absolute atomic E-state index is 0.146. The number of allylic oxidation sites excluding steroid dienone is 2. The fourth-order valence-electron chi connectivity index (χ4n) is 4.94. The number of hydrogen-bond donors (Lipinski definition) is 0. The molecular weight excluding hydrogens is 347 g/mol. The van der Waals surface area contributed by atoms with E-state index in [1.165, 1.54) is 17.0 Å². The molecular formula is C21H21FN2O3. The van der Waals surface area contributed by atoms with E-state index < -0.39 is 0 Å². The van der Waals surface area contributed by atoms with Crippen molar-refractivity contribution < 1.29 is 18.8 Å². The number of amides is 3. The zero-order valence-electron chi connectivity index (χ0n) is 14.9. The summed E-state index contributed by atoms with van der Waals surface area (Å²) >= 11 is 0. The summed E-state index contributed by atoms with van der Waals surface area (Å²) in [5.74, 6) is -1.14. The zero-order chi connectivity index (χ0) is 18.7. The first-order chi connectivity index (χ1) is 13.0. The van der Waals surface area contributed by atoms with Gasteiger partial charge in [0, 0.05) is 12.6 Å². The molecule has 4 aliphatic rings. The first-order valence-corrected chi connectivity index (χ1v) is 9.60. The first-order valence-electron chi connectivity index (χ1n) is 9.60. The summed E-state index contributed by atoms with van der Waals surface area (Å²) in [7, 11) is 0. The van der Waals surface area contributed by atoms with Gasteiger partial charge in [0.05, 0.1) is 11.8 Å². The van der Waals surface area contributed by atoms with E-state index in [-0.39, 0.29) is 59.8 Å². The highest BCUT2D eigenvalue weighted by Gasteiger charge is 2.59. The average molecular weight is 368 g/mol. The summed E-state index contributed by atoms with van der Waals surface area (Å²) in [5, 5.41) is 0. The Morgan fingerprint density at radius 3 is 2.19 bits per heavy atom. The summed E-state index contributed by atoms with van der Waals surface area (Å²) in [4.78, 5) is 41.4. The second kappa shape index (κ2) is 6.01. The van der Waals surface area contributed by atoms with Gasteiger partial charge in [0.15, 0.2) is 0 Å². The third-order valence-electron chi connectivity index (χ3n) is 6.43. The minimum Gasteiger partial charge on any atom is -0.334 e. The molecule has 1 aromatic rings. The van der Waals surface area contributed by atoms with Crippen LogP contribution in [0.3, 0.4) is 0 Å². The first kappa shape index (κ1) is 16.7. The van der Waals surface area contributed by atoms with Crippen molar-refractivity contribution in [2.24, 2.45) is 23.7 Å². The van der Waals surface area contributed by atoms with Crippen molar-refractivity contribution in [1.82, 2.24) is 9.80 Å². The summed E-state index contributed by atoms with van der Waals surface area (Å²) < 4.78 is 13.1. The highest BCUT2D eigenvalue weighted by molar-refractivity contribution is 6.08. The van der Waals surface area contributed by atoms with Gasteiger partial charge >= 0.3 is 0 Å². The van der Waals surface area contributed by atoms with Crippen molar-refractivity contribution in [1.29, 1.82) is 0 Å². The predicted octanol–water partition coefficient (Wildman–Crippen LogP) is 2.12. The number of carbonyl (C=O) groups is 3. The second-order valence-electron chi connectivity index (χ2n) is 8.14. The molecule has 1 aromatic carbocycles. The van der Waals surface area contributed by atoms with Crippen molar-refractivity contribution >= 4 is 17.7 Å². The zero-order valence-corrected chi connectivity index (χ0v) is 14.9. The van der Waals surface area contributed by atoms with Crippen LogP contribution in [0.4, 0.5) is 4.39 Å². The summed E-state index contributed by atoms with van der Waals surface area (Å²) in [6.45, 7) is 0.196. The van der Waals surface area contributed by atoms with Gasteiger partial charge < -0.3 is 4.90 Å². The molecule has 5 rings (SSSR count). The maximum Gasteiger partial charge on any atom is 0.243 e. The third kappa shape index (κ3) is 2.69. The van der Waals surface area contributed by atoms with Crippen LogP contribution in [0.1, 0.15) is 24.8 Å². The Kier molecular flexibility index (Phi) is 3.71. The molecule has 0 spiro atoms. The van der Waals surface area contributed by atoms with E-state index in [4.69, 9.17) is 0 Å². The number of rotatable bonds is 5. The molecule has 1 heterocycles. The number of likely N-dealkylation sites (tertiary alicyclic amines) is 1. The Balaban J connectivity index is 1.31. The van der Waals surface area contributed by atoms with Crippen LogP contribution >= 0.6 is 0 Å². The van der Waals surface area contributed by atoms with Crippen LogP contribution in [0, 0.1) is 29.5 Å². The lowest BCUT2D eigenvalue weighted by Crippen LogP contribution is -2.44. The molecule has 140 valence electrons. The highest BCUT2D eigenvalue weighted by Crippen LogP contribution is 2.52. The van der Waals surface area contributed by atoms with Crippen LogP contribution in [0.5, 0.6) is 0 Å². The van der Waals surface area contributed by atoms with E-state index in [0.717, 1.165) is 24.8 Å². The fourth-order valence-corrected chi connectivity index (χ4v) is 4.94. The Bertz CT molecular complexity index is 815. The predicted molar refractivity (Wildman–Crippen MR) is 94.4 cm³/mol. The smallest absolute Gasteiger partial charge is 0.243 e. The molecule has 0 aromatic heterocycles. The number of nitrogens with zero attached hydrogens (tertiary/aromatic N) is 2. The molecule has 0 N–H and O–H groups in total. The van der Waals surface area contributed by atoms with Gasteiger partial charge in [-0.15, -0.1) is 0 Å². The number of benzene rings is 1. The normalized spacial score (nSPS) is 30.9. The maximum absolute atomic E-state index is 13.1. The quantitative estimate of drug-likeness (QED) is 0.591. The van der Waals surface area contributed by atoms with Crippen molar-refractivity contribution in [2.75, 3.05) is 6.54 Å². The van der Waals surface area contributed by atoms with Gasteiger partial charge in [-0.1, -0.05) is 24.3 Å². The standard InChI is InChI=1S/C21H21FN2O3/c22-15-5-1-12(2-6-15)10-23(16-7-8-16)17(25)11-24-20(26)18-13-3-4-14(9-13)19(18)21(24)27/h1-6,13-14,16,18-19H,7-11H2/t13-,14-,18-,19+/m0/s1. The Labute approximate surface area is 156 Å². The molecule has 2 saturated carbocycles. The Morgan fingerprint density at radius 2 is 1.63 bits per heavy atom. The fraction of sp³-hybridized carbons (Fsp3) is 0.476. The van der Waals surface area contributed by atoms with Crippen LogP contribution in [-0.2, 0) is 20.9 Å². The van der Waals surface area contributed by atoms with Crippen LogP contribution in [0.25, 0.3) is 0 Å². The molecule has 3 aliphatic carbocycles. The lowest BCUT2D eigenvalue weighted by Gasteiger charge is -2.25. The van der Waals surface area contributed by atoms with E-state index >= 15 is 0 Å². The molecule has 27 heavy (non-hydrogen) atoms. The van der Waals surface area contributed by atoms with Crippen molar-refractivity contribution in [3.8, 4) is 0 Å². The van der Waals surface area contributed by atoms with Crippen molar-refractivity contribution in [3.05, 3.63) is 47.8 Å². The molecule has 1 saturated heterocycles. The monoisotopic (exact) mass is 368 g/mol. The van der Waals surface area contributed by atoms with Gasteiger partial charge in [0.2, 0.25) is 17.7 Å². The molecule has 5 nitrogen and oxygen atoms in total. The van der Waals surface area contributed by atoms with Crippen LogP contribution < -0.4 is 0 Å². The molecule has 3 fully saturated rings. The van der Waals surface area contributed by atoms with Crippen LogP contribution in [0.15, 0.2) is 36.4 Å². The highest BCUT2D eigenvalue weighted by atomic mass is 19.1. The summed E-state index contributed by atoms with van der Waals surface area (Å²) in [6, 6.07) is 6.23. The number of hydrogen-bond acceptors (Lipinski definition) is 3. The topological polar surface area (TPSA) is 57.7 Å². The Hall–Kier alpha value is -2.50. The van der Waals surface area contributed by atoms with E-state index in [9.17, 15) is 18.8 Å². The second-order valence-corrected chi connectivity index (χ2v) is 8.14. The van der Waals surface area contributed by atoms with Crippen LogP contribution in [0.2, 0.25) is 0 Å². The molecule has 4 atom stereocenters. The summed E-state index contributed by atoms with van der Waals surface area (Å²) in [6.07, 6.45) is 6.83. The maximum atomic E-state index is 13.1. The Morgan fingerprint density at radius 1 is 1.04 bits per heavy atom. The summed E-state index contributed by atoms with van der Waals surface area (Å²) in [5.41, 5.74) is 0.842. The molecule has 2 bridgehead atoms.